The molecule has 2 aliphatic rings. The molecule has 1 heterocycles. The van der Waals surface area contributed by atoms with E-state index in [0.717, 1.165) is 38.8 Å². The normalized spacial score (nSPS) is 30.0. The average Bonchev–Trinajstić information content (AvgIpc) is 2.39. The first-order valence-corrected chi connectivity index (χ1v) is 6.70. The number of hydrogen-bond donors (Lipinski definition) is 1. The number of aliphatic carboxylic acids is 1. The molecule has 1 N–H and O–H groups in total. The minimum absolute atomic E-state index is 0.0868. The molecule has 1 amide bonds. The molecule has 2 fully saturated rings. The molecule has 0 bridgehead atoms. The molecule has 2 rings (SSSR count). The molecular weight excluding hydrogens is 218 g/mol. The number of carboxylic acid groups (broad SMARTS) is 1. The van der Waals surface area contributed by atoms with Gasteiger partial charge >= 0.3 is 5.97 Å². The monoisotopic (exact) mass is 239 g/mol. The summed E-state index contributed by atoms with van der Waals surface area (Å²) in [7, 11) is 0. The lowest BCUT2D eigenvalue weighted by molar-refractivity contribution is -0.146. The second-order valence-corrected chi connectivity index (χ2v) is 5.27. The van der Waals surface area contributed by atoms with E-state index in [1.807, 2.05) is 4.90 Å². The minimum atomic E-state index is -0.700. The number of carboxylic acids is 1. The van der Waals surface area contributed by atoms with Crippen LogP contribution in [0, 0.1) is 11.8 Å². The highest BCUT2D eigenvalue weighted by molar-refractivity contribution is 5.79. The zero-order valence-corrected chi connectivity index (χ0v) is 10.2. The van der Waals surface area contributed by atoms with E-state index >= 15 is 0 Å². The van der Waals surface area contributed by atoms with Crippen LogP contribution in [0.25, 0.3) is 0 Å². The first kappa shape index (κ1) is 12.4. The van der Waals surface area contributed by atoms with Gasteiger partial charge in [-0.1, -0.05) is 0 Å². The zero-order chi connectivity index (χ0) is 12.3. The van der Waals surface area contributed by atoms with E-state index in [1.165, 1.54) is 6.42 Å². The molecule has 0 aromatic heterocycles. The average molecular weight is 239 g/mol. The summed E-state index contributed by atoms with van der Waals surface area (Å²) in [6.45, 7) is 1.80. The number of nitrogens with zero attached hydrogens (tertiary/aromatic N) is 1. The zero-order valence-electron chi connectivity index (χ0n) is 10.2. The maximum atomic E-state index is 12.2. The molecule has 0 unspecified atom stereocenters. The molecule has 17 heavy (non-hydrogen) atoms. The third-order valence-corrected chi connectivity index (χ3v) is 4.09. The molecule has 0 aromatic carbocycles. The number of likely N-dealkylation sites (tertiary alicyclic amines) is 1. The van der Waals surface area contributed by atoms with Crippen molar-refractivity contribution in [1.82, 2.24) is 4.90 Å². The van der Waals surface area contributed by atoms with Crippen LogP contribution >= 0.6 is 0 Å². The lowest BCUT2D eigenvalue weighted by Crippen LogP contribution is -2.41. The van der Waals surface area contributed by atoms with Crippen molar-refractivity contribution in [3.05, 3.63) is 0 Å². The number of hydrogen-bond acceptors (Lipinski definition) is 2. The van der Waals surface area contributed by atoms with Gasteiger partial charge in [0.05, 0.1) is 5.92 Å². The SMILES string of the molecule is O=C(O)[C@H]1CC[C@H](C(=O)N2CCCCC2)CC1. The summed E-state index contributed by atoms with van der Waals surface area (Å²) < 4.78 is 0. The summed E-state index contributed by atoms with van der Waals surface area (Å²) in [5, 5.41) is 8.92. The fourth-order valence-corrected chi connectivity index (χ4v) is 2.96. The fraction of sp³-hybridized carbons (Fsp3) is 0.846. The number of carbonyl (C=O) groups excluding carboxylic acids is 1. The van der Waals surface area contributed by atoms with Crippen LogP contribution in [-0.2, 0) is 9.59 Å². The predicted octanol–water partition coefficient (Wildman–Crippen LogP) is 1.89. The standard InChI is InChI=1S/C13H21NO3/c15-12(14-8-2-1-3-9-14)10-4-6-11(7-5-10)13(16)17/h10-11H,1-9H2,(H,16,17)/t10-,11-. The van der Waals surface area contributed by atoms with Crippen molar-refractivity contribution >= 4 is 11.9 Å². The van der Waals surface area contributed by atoms with Gasteiger partial charge in [-0.05, 0) is 44.9 Å². The highest BCUT2D eigenvalue weighted by atomic mass is 16.4. The summed E-state index contributed by atoms with van der Waals surface area (Å²) in [6, 6.07) is 0. The Labute approximate surface area is 102 Å². The highest BCUT2D eigenvalue weighted by Crippen LogP contribution is 2.30. The van der Waals surface area contributed by atoms with Crippen LogP contribution in [0.2, 0.25) is 0 Å². The van der Waals surface area contributed by atoms with Crippen molar-refractivity contribution in [1.29, 1.82) is 0 Å². The van der Waals surface area contributed by atoms with E-state index in [9.17, 15) is 9.59 Å². The molecule has 1 saturated carbocycles. The predicted molar refractivity (Wildman–Crippen MR) is 63.5 cm³/mol. The molecule has 4 heteroatoms. The Morgan fingerprint density at radius 1 is 0.882 bits per heavy atom. The van der Waals surface area contributed by atoms with Gasteiger partial charge in [-0.3, -0.25) is 9.59 Å². The molecular formula is C13H21NO3. The Balaban J connectivity index is 1.83. The van der Waals surface area contributed by atoms with Gasteiger partial charge in [-0.25, -0.2) is 0 Å². The number of amides is 1. The van der Waals surface area contributed by atoms with Gasteiger partial charge in [-0.2, -0.15) is 0 Å². The fourth-order valence-electron chi connectivity index (χ4n) is 2.96. The van der Waals surface area contributed by atoms with Crippen LogP contribution in [0.1, 0.15) is 44.9 Å². The maximum Gasteiger partial charge on any atom is 0.306 e. The van der Waals surface area contributed by atoms with Gasteiger partial charge in [0.25, 0.3) is 0 Å². The number of rotatable bonds is 2. The lowest BCUT2D eigenvalue weighted by atomic mass is 9.81. The van der Waals surface area contributed by atoms with Crippen molar-refractivity contribution in [3.63, 3.8) is 0 Å². The van der Waals surface area contributed by atoms with Crippen molar-refractivity contribution in [2.24, 2.45) is 11.8 Å². The smallest absolute Gasteiger partial charge is 0.306 e. The quantitative estimate of drug-likeness (QED) is 0.800. The van der Waals surface area contributed by atoms with Gasteiger partial charge in [0, 0.05) is 19.0 Å². The summed E-state index contributed by atoms with van der Waals surface area (Å²) in [5.41, 5.74) is 0. The van der Waals surface area contributed by atoms with Gasteiger partial charge < -0.3 is 10.0 Å². The Kier molecular flexibility index (Phi) is 4.02. The topological polar surface area (TPSA) is 57.6 Å². The molecule has 1 saturated heterocycles. The summed E-state index contributed by atoms with van der Waals surface area (Å²) in [6.07, 6.45) is 6.32. The Hall–Kier alpha value is -1.06. The molecule has 96 valence electrons. The van der Waals surface area contributed by atoms with Crippen LogP contribution in [-0.4, -0.2) is 35.0 Å². The maximum absolute atomic E-state index is 12.2. The van der Waals surface area contributed by atoms with Gasteiger partial charge in [0.1, 0.15) is 0 Å². The van der Waals surface area contributed by atoms with Crippen LogP contribution in [0.5, 0.6) is 0 Å². The summed E-state index contributed by atoms with van der Waals surface area (Å²) in [5.74, 6) is -0.563. The second-order valence-electron chi connectivity index (χ2n) is 5.27. The Bertz CT molecular complexity index is 289. The van der Waals surface area contributed by atoms with Crippen molar-refractivity contribution in [2.45, 2.75) is 44.9 Å². The molecule has 1 aliphatic heterocycles. The van der Waals surface area contributed by atoms with Crippen LogP contribution < -0.4 is 0 Å². The Morgan fingerprint density at radius 2 is 1.41 bits per heavy atom. The summed E-state index contributed by atoms with van der Waals surface area (Å²) >= 11 is 0. The van der Waals surface area contributed by atoms with E-state index < -0.39 is 5.97 Å². The largest absolute Gasteiger partial charge is 0.481 e. The Morgan fingerprint density at radius 3 is 1.94 bits per heavy atom. The van der Waals surface area contributed by atoms with Crippen molar-refractivity contribution < 1.29 is 14.7 Å². The molecule has 0 radical (unpaired) electrons. The first-order valence-electron chi connectivity index (χ1n) is 6.70. The van der Waals surface area contributed by atoms with E-state index in [1.54, 1.807) is 0 Å². The van der Waals surface area contributed by atoms with Crippen LogP contribution in [0.3, 0.4) is 0 Å². The van der Waals surface area contributed by atoms with Gasteiger partial charge in [0.15, 0.2) is 0 Å². The van der Waals surface area contributed by atoms with E-state index in [0.29, 0.717) is 12.8 Å². The highest BCUT2D eigenvalue weighted by Gasteiger charge is 2.32. The van der Waals surface area contributed by atoms with E-state index in [2.05, 4.69) is 0 Å². The second kappa shape index (κ2) is 5.52. The van der Waals surface area contributed by atoms with E-state index in [4.69, 9.17) is 5.11 Å². The minimum Gasteiger partial charge on any atom is -0.481 e. The number of carbonyl (C=O) groups is 2. The molecule has 0 spiro atoms. The molecule has 0 aromatic rings. The number of piperidine rings is 1. The molecule has 0 atom stereocenters. The third kappa shape index (κ3) is 2.99. The third-order valence-electron chi connectivity index (χ3n) is 4.09. The van der Waals surface area contributed by atoms with Crippen molar-refractivity contribution in [2.75, 3.05) is 13.1 Å². The van der Waals surface area contributed by atoms with Crippen LogP contribution in [0.4, 0.5) is 0 Å². The summed E-state index contributed by atoms with van der Waals surface area (Å²) in [4.78, 5) is 25.0. The van der Waals surface area contributed by atoms with Gasteiger partial charge in [0.2, 0.25) is 5.91 Å². The molecule has 4 nitrogen and oxygen atoms in total. The lowest BCUT2D eigenvalue weighted by Gasteiger charge is -2.33. The van der Waals surface area contributed by atoms with Gasteiger partial charge in [-0.15, -0.1) is 0 Å². The van der Waals surface area contributed by atoms with Crippen molar-refractivity contribution in [3.8, 4) is 0 Å². The molecule has 1 aliphatic carbocycles. The van der Waals surface area contributed by atoms with Crippen LogP contribution in [0.15, 0.2) is 0 Å². The van der Waals surface area contributed by atoms with E-state index in [-0.39, 0.29) is 17.7 Å². The first-order chi connectivity index (χ1) is 8.18.